The summed E-state index contributed by atoms with van der Waals surface area (Å²) in [4.78, 5) is 0. The van der Waals surface area contributed by atoms with Crippen LogP contribution in [0.3, 0.4) is 0 Å². The van der Waals surface area contributed by atoms with Crippen LogP contribution in [0.4, 0.5) is 4.39 Å². The van der Waals surface area contributed by atoms with E-state index in [-0.39, 0.29) is 11.9 Å². The molecule has 0 amide bonds. The van der Waals surface area contributed by atoms with Crippen LogP contribution in [0.5, 0.6) is 0 Å². The van der Waals surface area contributed by atoms with Gasteiger partial charge in [-0.3, -0.25) is 0 Å². The van der Waals surface area contributed by atoms with Gasteiger partial charge in [-0.05, 0) is 36.5 Å². The van der Waals surface area contributed by atoms with Crippen molar-refractivity contribution in [3.63, 3.8) is 0 Å². The van der Waals surface area contributed by atoms with Crippen LogP contribution in [0.2, 0.25) is 0 Å². The van der Waals surface area contributed by atoms with Crippen molar-refractivity contribution in [3.8, 4) is 0 Å². The molecule has 1 saturated carbocycles. The average molecular weight is 179 g/mol. The highest BCUT2D eigenvalue weighted by Gasteiger charge is 2.25. The maximum absolute atomic E-state index is 12.9. The Balaban J connectivity index is 2.24. The van der Waals surface area contributed by atoms with Crippen LogP contribution in [0.15, 0.2) is 24.3 Å². The molecule has 1 aliphatic carbocycles. The van der Waals surface area contributed by atoms with Crippen LogP contribution in [0.1, 0.15) is 30.7 Å². The largest absolute Gasteiger partial charge is 0.327 e. The standard InChI is InChI=1S/C11H14FN/c12-9-4-1-3-8(7-9)10-5-2-6-11(10)13/h1,3-4,7,10-11H,2,5-6,13H2/t10-,11-/m1/s1. The first kappa shape index (κ1) is 8.70. The average Bonchev–Trinajstić information content (AvgIpc) is 2.51. The van der Waals surface area contributed by atoms with Gasteiger partial charge < -0.3 is 5.73 Å². The van der Waals surface area contributed by atoms with Gasteiger partial charge in [-0.15, -0.1) is 0 Å². The van der Waals surface area contributed by atoms with Gasteiger partial charge in [0.2, 0.25) is 0 Å². The van der Waals surface area contributed by atoms with Gasteiger partial charge in [0.15, 0.2) is 0 Å². The molecule has 0 saturated heterocycles. The number of benzene rings is 1. The first-order chi connectivity index (χ1) is 6.27. The third kappa shape index (κ3) is 1.73. The Kier molecular flexibility index (Phi) is 2.32. The summed E-state index contributed by atoms with van der Waals surface area (Å²) < 4.78 is 12.9. The zero-order valence-corrected chi connectivity index (χ0v) is 7.54. The molecular weight excluding hydrogens is 165 g/mol. The lowest BCUT2D eigenvalue weighted by Crippen LogP contribution is -2.22. The van der Waals surface area contributed by atoms with E-state index in [1.165, 1.54) is 12.5 Å². The Bertz CT molecular complexity index is 298. The van der Waals surface area contributed by atoms with Crippen molar-refractivity contribution in [1.29, 1.82) is 0 Å². The Morgan fingerprint density at radius 3 is 2.77 bits per heavy atom. The number of hydrogen-bond acceptors (Lipinski definition) is 1. The highest BCUT2D eigenvalue weighted by atomic mass is 19.1. The smallest absolute Gasteiger partial charge is 0.123 e. The van der Waals surface area contributed by atoms with Crippen LogP contribution in [0.25, 0.3) is 0 Å². The molecule has 1 fully saturated rings. The van der Waals surface area contributed by atoms with Crippen molar-refractivity contribution in [2.75, 3.05) is 0 Å². The summed E-state index contributed by atoms with van der Waals surface area (Å²) in [5, 5.41) is 0. The van der Waals surface area contributed by atoms with Crippen LogP contribution < -0.4 is 5.73 Å². The molecule has 0 heterocycles. The van der Waals surface area contributed by atoms with Crippen LogP contribution >= 0.6 is 0 Å². The topological polar surface area (TPSA) is 26.0 Å². The van der Waals surface area contributed by atoms with Crippen molar-refractivity contribution < 1.29 is 4.39 Å². The zero-order chi connectivity index (χ0) is 9.26. The highest BCUT2D eigenvalue weighted by Crippen LogP contribution is 2.33. The summed E-state index contributed by atoms with van der Waals surface area (Å²) >= 11 is 0. The van der Waals surface area contributed by atoms with Crippen LogP contribution in [0, 0.1) is 5.82 Å². The molecule has 2 N–H and O–H groups in total. The van der Waals surface area contributed by atoms with E-state index in [0.29, 0.717) is 5.92 Å². The normalized spacial score (nSPS) is 27.8. The first-order valence-corrected chi connectivity index (χ1v) is 4.78. The molecule has 1 aliphatic rings. The van der Waals surface area contributed by atoms with Crippen LogP contribution in [-0.4, -0.2) is 6.04 Å². The summed E-state index contributed by atoms with van der Waals surface area (Å²) in [6, 6.07) is 7.04. The van der Waals surface area contributed by atoms with E-state index in [0.717, 1.165) is 18.4 Å². The molecule has 2 heteroatoms. The minimum absolute atomic E-state index is 0.156. The Morgan fingerprint density at radius 1 is 1.31 bits per heavy atom. The highest BCUT2D eigenvalue weighted by molar-refractivity contribution is 5.23. The van der Waals surface area contributed by atoms with Crippen molar-refractivity contribution >= 4 is 0 Å². The van der Waals surface area contributed by atoms with E-state index in [1.54, 1.807) is 12.1 Å². The Hall–Kier alpha value is -0.890. The minimum atomic E-state index is -0.156. The molecule has 2 rings (SSSR count). The summed E-state index contributed by atoms with van der Waals surface area (Å²) in [7, 11) is 0. The predicted molar refractivity (Wildman–Crippen MR) is 51.0 cm³/mol. The monoisotopic (exact) mass is 179 g/mol. The molecule has 0 aromatic heterocycles. The summed E-state index contributed by atoms with van der Waals surface area (Å²) in [6.45, 7) is 0. The van der Waals surface area contributed by atoms with Crippen molar-refractivity contribution in [2.24, 2.45) is 5.73 Å². The SMILES string of the molecule is N[C@@H]1CCC[C@@H]1c1cccc(F)c1. The zero-order valence-electron chi connectivity index (χ0n) is 7.54. The maximum Gasteiger partial charge on any atom is 0.123 e. The van der Waals surface area contributed by atoms with Crippen molar-refractivity contribution in [3.05, 3.63) is 35.6 Å². The van der Waals surface area contributed by atoms with Crippen LogP contribution in [-0.2, 0) is 0 Å². The fourth-order valence-corrected chi connectivity index (χ4v) is 2.14. The quantitative estimate of drug-likeness (QED) is 0.704. The maximum atomic E-state index is 12.9. The van der Waals surface area contributed by atoms with Gasteiger partial charge in [0, 0.05) is 6.04 Å². The lowest BCUT2D eigenvalue weighted by atomic mass is 9.95. The number of rotatable bonds is 1. The predicted octanol–water partition coefficient (Wildman–Crippen LogP) is 2.42. The second-order valence-corrected chi connectivity index (χ2v) is 3.76. The molecule has 1 aromatic rings. The second kappa shape index (κ2) is 3.46. The fourth-order valence-electron chi connectivity index (χ4n) is 2.14. The van der Waals surface area contributed by atoms with E-state index >= 15 is 0 Å². The third-order valence-corrected chi connectivity index (χ3v) is 2.85. The molecule has 0 bridgehead atoms. The van der Waals surface area contributed by atoms with Gasteiger partial charge in [-0.1, -0.05) is 18.6 Å². The molecule has 2 atom stereocenters. The Labute approximate surface area is 77.8 Å². The molecule has 13 heavy (non-hydrogen) atoms. The van der Waals surface area contributed by atoms with Gasteiger partial charge in [0.1, 0.15) is 5.82 Å². The number of halogens is 1. The lowest BCUT2D eigenvalue weighted by Gasteiger charge is -2.15. The molecule has 1 nitrogen and oxygen atoms in total. The second-order valence-electron chi connectivity index (χ2n) is 3.76. The number of hydrogen-bond donors (Lipinski definition) is 1. The molecule has 70 valence electrons. The molecule has 0 aliphatic heterocycles. The van der Waals surface area contributed by atoms with Gasteiger partial charge in [0.05, 0.1) is 0 Å². The minimum Gasteiger partial charge on any atom is -0.327 e. The van der Waals surface area contributed by atoms with Gasteiger partial charge in [0.25, 0.3) is 0 Å². The van der Waals surface area contributed by atoms with E-state index in [4.69, 9.17) is 5.73 Å². The van der Waals surface area contributed by atoms with Crippen molar-refractivity contribution in [2.45, 2.75) is 31.2 Å². The molecular formula is C11H14FN. The molecule has 0 unspecified atom stereocenters. The van der Waals surface area contributed by atoms with E-state index in [9.17, 15) is 4.39 Å². The van der Waals surface area contributed by atoms with E-state index in [1.807, 2.05) is 6.07 Å². The third-order valence-electron chi connectivity index (χ3n) is 2.85. The van der Waals surface area contributed by atoms with Crippen molar-refractivity contribution in [1.82, 2.24) is 0 Å². The van der Waals surface area contributed by atoms with Gasteiger partial charge in [-0.25, -0.2) is 4.39 Å². The lowest BCUT2D eigenvalue weighted by molar-refractivity contribution is 0.594. The van der Waals surface area contributed by atoms with E-state index < -0.39 is 0 Å². The summed E-state index contributed by atoms with van der Waals surface area (Å²) in [5.41, 5.74) is 7.00. The molecule has 1 aromatic carbocycles. The number of nitrogens with two attached hydrogens (primary N) is 1. The fraction of sp³-hybridized carbons (Fsp3) is 0.455. The Morgan fingerprint density at radius 2 is 2.15 bits per heavy atom. The summed E-state index contributed by atoms with van der Waals surface area (Å²) in [5.74, 6) is 0.215. The van der Waals surface area contributed by atoms with Gasteiger partial charge in [-0.2, -0.15) is 0 Å². The first-order valence-electron chi connectivity index (χ1n) is 4.78. The summed E-state index contributed by atoms with van der Waals surface area (Å²) in [6.07, 6.45) is 3.34. The van der Waals surface area contributed by atoms with E-state index in [2.05, 4.69) is 0 Å². The molecule has 0 spiro atoms. The van der Waals surface area contributed by atoms with Gasteiger partial charge >= 0.3 is 0 Å². The molecule has 0 radical (unpaired) electrons.